The molecule has 2 rings (SSSR count). The van der Waals surface area contributed by atoms with Crippen LogP contribution in [0.2, 0.25) is 0 Å². The Labute approximate surface area is 70.7 Å². The quantitative estimate of drug-likeness (QED) is 0.578. The van der Waals surface area contributed by atoms with Gasteiger partial charge in [0.1, 0.15) is 5.75 Å². The van der Waals surface area contributed by atoms with Gasteiger partial charge in [-0.15, -0.1) is 0 Å². The number of phenolic OH excluding ortho intramolecular Hbond substituents is 1. The fraction of sp³-hybridized carbons (Fsp3) is 0.111. The first kappa shape index (κ1) is 7.18. The van der Waals surface area contributed by atoms with E-state index in [1.807, 2.05) is 30.5 Å². The van der Waals surface area contributed by atoms with Gasteiger partial charge in [-0.25, -0.2) is 5.43 Å². The highest BCUT2D eigenvalue weighted by Crippen LogP contribution is 2.24. The fourth-order valence-electron chi connectivity index (χ4n) is 1.26. The zero-order chi connectivity index (χ0) is 8.39. The molecule has 1 aromatic carbocycles. The minimum Gasteiger partial charge on any atom is -0.508 e. The molecule has 0 fully saturated rings. The number of hydrogen-bond donors (Lipinski definition) is 3. The maximum absolute atomic E-state index is 9.47. The first-order valence-corrected chi connectivity index (χ1v) is 3.83. The van der Waals surface area contributed by atoms with E-state index < -0.39 is 0 Å². The number of nitrogens with one attached hydrogen (secondary N) is 2. The largest absolute Gasteiger partial charge is 0.508 e. The Bertz CT molecular complexity index is 309. The molecular weight excluding hydrogens is 152 g/mol. The van der Waals surface area contributed by atoms with Crippen molar-refractivity contribution in [2.24, 2.45) is 0 Å². The molecule has 1 aromatic rings. The van der Waals surface area contributed by atoms with Gasteiger partial charge in [0.25, 0.3) is 0 Å². The number of phenols is 1. The van der Waals surface area contributed by atoms with E-state index in [0.29, 0.717) is 5.75 Å². The van der Waals surface area contributed by atoms with E-state index in [2.05, 4.69) is 10.9 Å². The second-order valence-corrected chi connectivity index (χ2v) is 2.68. The second kappa shape index (κ2) is 2.87. The van der Waals surface area contributed by atoms with Crippen molar-refractivity contribution in [2.75, 3.05) is 0 Å². The molecule has 0 aliphatic carbocycles. The lowest BCUT2D eigenvalue weighted by molar-refractivity contribution is 0.458. The molecule has 3 nitrogen and oxygen atoms in total. The summed E-state index contributed by atoms with van der Waals surface area (Å²) in [5.74, 6) is 0.323. The van der Waals surface area contributed by atoms with Gasteiger partial charge in [0.05, 0.1) is 6.04 Å². The lowest BCUT2D eigenvalue weighted by Crippen LogP contribution is -2.24. The predicted molar refractivity (Wildman–Crippen MR) is 46.3 cm³/mol. The summed E-state index contributed by atoms with van der Waals surface area (Å²) in [5.41, 5.74) is 6.74. The Morgan fingerprint density at radius 2 is 2.08 bits per heavy atom. The van der Waals surface area contributed by atoms with Crippen molar-refractivity contribution < 1.29 is 5.11 Å². The van der Waals surface area contributed by atoms with E-state index in [1.54, 1.807) is 6.07 Å². The van der Waals surface area contributed by atoms with Gasteiger partial charge in [0.15, 0.2) is 0 Å². The van der Waals surface area contributed by atoms with E-state index in [9.17, 15) is 5.11 Å². The molecule has 3 N–H and O–H groups in total. The van der Waals surface area contributed by atoms with Crippen molar-refractivity contribution >= 4 is 0 Å². The molecule has 1 heterocycles. The monoisotopic (exact) mass is 162 g/mol. The maximum atomic E-state index is 9.47. The summed E-state index contributed by atoms with van der Waals surface area (Å²) in [6.45, 7) is 0. The van der Waals surface area contributed by atoms with Crippen molar-refractivity contribution in [1.29, 1.82) is 0 Å². The van der Waals surface area contributed by atoms with E-state index >= 15 is 0 Å². The van der Waals surface area contributed by atoms with Gasteiger partial charge >= 0.3 is 0 Å². The highest BCUT2D eigenvalue weighted by Gasteiger charge is 2.13. The minimum atomic E-state index is 0.0752. The summed E-state index contributed by atoms with van der Waals surface area (Å²) in [4.78, 5) is 0. The van der Waals surface area contributed by atoms with Gasteiger partial charge in [-0.2, -0.15) is 0 Å². The van der Waals surface area contributed by atoms with Crippen LogP contribution in [0, 0.1) is 0 Å². The molecule has 3 heteroatoms. The number of aromatic hydroxyl groups is 1. The average molecular weight is 162 g/mol. The van der Waals surface area contributed by atoms with Gasteiger partial charge in [-0.3, -0.25) is 0 Å². The molecule has 0 saturated heterocycles. The van der Waals surface area contributed by atoms with Crippen LogP contribution in [-0.4, -0.2) is 5.11 Å². The molecule has 62 valence electrons. The van der Waals surface area contributed by atoms with Crippen LogP contribution < -0.4 is 10.9 Å². The summed E-state index contributed by atoms with van der Waals surface area (Å²) < 4.78 is 0. The van der Waals surface area contributed by atoms with E-state index in [-0.39, 0.29) is 6.04 Å². The van der Waals surface area contributed by atoms with Crippen molar-refractivity contribution in [1.82, 2.24) is 10.9 Å². The summed E-state index contributed by atoms with van der Waals surface area (Å²) in [5, 5.41) is 9.47. The minimum absolute atomic E-state index is 0.0752. The molecule has 1 aliphatic heterocycles. The maximum Gasteiger partial charge on any atom is 0.120 e. The Kier molecular flexibility index (Phi) is 1.72. The first-order chi connectivity index (χ1) is 5.88. The van der Waals surface area contributed by atoms with Crippen LogP contribution in [0.5, 0.6) is 5.75 Å². The Hall–Kier alpha value is -1.48. The topological polar surface area (TPSA) is 44.3 Å². The Balaban J connectivity index is 2.33. The summed E-state index contributed by atoms with van der Waals surface area (Å²) >= 11 is 0. The molecule has 1 aliphatic rings. The number of hydrogen-bond acceptors (Lipinski definition) is 3. The van der Waals surface area contributed by atoms with E-state index in [0.717, 1.165) is 5.56 Å². The SMILES string of the molecule is Oc1ccccc1C1C=CNN1. The zero-order valence-corrected chi connectivity index (χ0v) is 6.49. The van der Waals surface area contributed by atoms with Gasteiger partial charge in [-0.1, -0.05) is 18.2 Å². The molecule has 0 aromatic heterocycles. The lowest BCUT2D eigenvalue weighted by atomic mass is 10.1. The molecular formula is C9H10N2O. The van der Waals surface area contributed by atoms with Crippen LogP contribution in [0.1, 0.15) is 11.6 Å². The third kappa shape index (κ3) is 1.14. The van der Waals surface area contributed by atoms with Gasteiger partial charge in [-0.05, 0) is 12.1 Å². The van der Waals surface area contributed by atoms with Crippen LogP contribution >= 0.6 is 0 Å². The molecule has 0 saturated carbocycles. The van der Waals surface area contributed by atoms with Crippen molar-refractivity contribution in [2.45, 2.75) is 6.04 Å². The number of hydrazine groups is 1. The number of para-hydroxylation sites is 1. The summed E-state index contributed by atoms with van der Waals surface area (Å²) in [6, 6.07) is 7.37. The van der Waals surface area contributed by atoms with Crippen LogP contribution in [0.15, 0.2) is 36.5 Å². The van der Waals surface area contributed by atoms with Crippen molar-refractivity contribution in [3.8, 4) is 5.75 Å². The van der Waals surface area contributed by atoms with Crippen LogP contribution in [0.4, 0.5) is 0 Å². The average Bonchev–Trinajstić information content (AvgIpc) is 2.57. The fourth-order valence-corrected chi connectivity index (χ4v) is 1.26. The zero-order valence-electron chi connectivity index (χ0n) is 6.49. The van der Waals surface area contributed by atoms with Crippen LogP contribution in [0.3, 0.4) is 0 Å². The molecule has 0 amide bonds. The Morgan fingerprint density at radius 1 is 1.25 bits per heavy atom. The third-order valence-corrected chi connectivity index (χ3v) is 1.88. The number of rotatable bonds is 1. The highest BCUT2D eigenvalue weighted by molar-refractivity contribution is 5.37. The molecule has 0 radical (unpaired) electrons. The standard InChI is InChI=1S/C9H10N2O/c12-9-4-2-1-3-7(9)8-5-6-10-11-8/h1-6,8,10-12H. The van der Waals surface area contributed by atoms with Crippen LogP contribution in [0.25, 0.3) is 0 Å². The normalized spacial score (nSPS) is 20.8. The van der Waals surface area contributed by atoms with Gasteiger partial charge < -0.3 is 10.5 Å². The molecule has 12 heavy (non-hydrogen) atoms. The van der Waals surface area contributed by atoms with E-state index in [4.69, 9.17) is 0 Å². The third-order valence-electron chi connectivity index (χ3n) is 1.88. The van der Waals surface area contributed by atoms with Gasteiger partial charge in [0, 0.05) is 11.8 Å². The second-order valence-electron chi connectivity index (χ2n) is 2.68. The molecule has 0 bridgehead atoms. The van der Waals surface area contributed by atoms with Gasteiger partial charge in [0.2, 0.25) is 0 Å². The van der Waals surface area contributed by atoms with Crippen LogP contribution in [-0.2, 0) is 0 Å². The predicted octanol–water partition coefficient (Wildman–Crippen LogP) is 1.05. The molecule has 1 unspecified atom stereocenters. The first-order valence-electron chi connectivity index (χ1n) is 3.83. The lowest BCUT2D eigenvalue weighted by Gasteiger charge is -2.10. The highest BCUT2D eigenvalue weighted by atomic mass is 16.3. The summed E-state index contributed by atoms with van der Waals surface area (Å²) in [7, 11) is 0. The smallest absolute Gasteiger partial charge is 0.120 e. The number of benzene rings is 1. The van der Waals surface area contributed by atoms with Crippen molar-refractivity contribution in [3.63, 3.8) is 0 Å². The summed E-state index contributed by atoms with van der Waals surface area (Å²) in [6.07, 6.45) is 3.77. The Morgan fingerprint density at radius 3 is 2.75 bits per heavy atom. The van der Waals surface area contributed by atoms with E-state index in [1.165, 1.54) is 0 Å². The molecule has 0 spiro atoms. The van der Waals surface area contributed by atoms with Crippen molar-refractivity contribution in [3.05, 3.63) is 42.1 Å². The molecule has 1 atom stereocenters.